The van der Waals surface area contributed by atoms with E-state index in [2.05, 4.69) is 23.9 Å². The Kier molecular flexibility index (Phi) is 4.98. The van der Waals surface area contributed by atoms with Gasteiger partial charge in [0.1, 0.15) is 5.75 Å². The van der Waals surface area contributed by atoms with Crippen LogP contribution in [0.2, 0.25) is 0 Å². The second kappa shape index (κ2) is 6.72. The first kappa shape index (κ1) is 14.8. The van der Waals surface area contributed by atoms with E-state index in [4.69, 9.17) is 9.84 Å². The number of ether oxygens (including phenoxy) is 1. The summed E-state index contributed by atoms with van der Waals surface area (Å²) < 4.78 is 5.12. The zero-order valence-corrected chi connectivity index (χ0v) is 12.1. The van der Waals surface area contributed by atoms with E-state index in [1.165, 1.54) is 12.0 Å². The van der Waals surface area contributed by atoms with Gasteiger partial charge in [-0.15, -0.1) is 0 Å². The third kappa shape index (κ3) is 4.21. The van der Waals surface area contributed by atoms with E-state index >= 15 is 0 Å². The van der Waals surface area contributed by atoms with Crippen LogP contribution in [0.25, 0.3) is 0 Å². The Morgan fingerprint density at radius 3 is 2.70 bits per heavy atom. The molecule has 1 aliphatic heterocycles. The highest BCUT2D eigenvalue weighted by molar-refractivity contribution is 5.68. The maximum Gasteiger partial charge on any atom is 0.341 e. The zero-order chi connectivity index (χ0) is 14.5. The molecule has 5 nitrogen and oxygen atoms in total. The summed E-state index contributed by atoms with van der Waals surface area (Å²) in [6.45, 7) is 2.89. The van der Waals surface area contributed by atoms with Crippen LogP contribution in [0.3, 0.4) is 0 Å². The molecule has 1 aromatic carbocycles. The average Bonchev–Trinajstić information content (AvgIpc) is 2.85. The molecule has 2 rings (SSSR count). The van der Waals surface area contributed by atoms with Crippen molar-refractivity contribution in [1.82, 2.24) is 9.80 Å². The average molecular weight is 278 g/mol. The molecule has 1 fully saturated rings. The summed E-state index contributed by atoms with van der Waals surface area (Å²) in [5, 5.41) is 8.56. The number of hydrogen-bond donors (Lipinski definition) is 1. The number of benzene rings is 1. The van der Waals surface area contributed by atoms with Crippen LogP contribution in [0.1, 0.15) is 12.0 Å². The Morgan fingerprint density at radius 1 is 1.45 bits per heavy atom. The van der Waals surface area contributed by atoms with Crippen molar-refractivity contribution in [2.75, 3.05) is 33.8 Å². The molecule has 1 N–H and O–H groups in total. The molecule has 1 aliphatic rings. The van der Waals surface area contributed by atoms with Gasteiger partial charge < -0.3 is 14.7 Å². The van der Waals surface area contributed by atoms with Gasteiger partial charge in [-0.2, -0.15) is 0 Å². The van der Waals surface area contributed by atoms with Crippen molar-refractivity contribution < 1.29 is 14.6 Å². The smallest absolute Gasteiger partial charge is 0.341 e. The van der Waals surface area contributed by atoms with E-state index in [1.807, 2.05) is 24.3 Å². The molecule has 0 bridgehead atoms. The highest BCUT2D eigenvalue weighted by atomic mass is 16.5. The molecule has 0 aromatic heterocycles. The molecule has 20 heavy (non-hydrogen) atoms. The van der Waals surface area contributed by atoms with Gasteiger partial charge in [0.15, 0.2) is 6.61 Å². The van der Waals surface area contributed by atoms with Crippen molar-refractivity contribution in [3.05, 3.63) is 29.8 Å². The summed E-state index contributed by atoms with van der Waals surface area (Å²) >= 11 is 0. The monoisotopic (exact) mass is 278 g/mol. The fourth-order valence-corrected chi connectivity index (χ4v) is 2.52. The minimum atomic E-state index is -0.959. The minimum absolute atomic E-state index is 0.298. The lowest BCUT2D eigenvalue weighted by Crippen LogP contribution is -2.33. The predicted molar refractivity (Wildman–Crippen MR) is 76.9 cm³/mol. The maximum absolute atomic E-state index is 10.4. The Labute approximate surface area is 119 Å². The molecule has 110 valence electrons. The molecular formula is C15H22N2O3. The van der Waals surface area contributed by atoms with Crippen LogP contribution in [0.5, 0.6) is 5.75 Å². The normalized spacial score (nSPS) is 19.4. The van der Waals surface area contributed by atoms with Gasteiger partial charge in [0.05, 0.1) is 0 Å². The lowest BCUT2D eigenvalue weighted by Gasteiger charge is -2.24. The Hall–Kier alpha value is -1.59. The molecule has 1 heterocycles. The SMILES string of the molecule is CN1CC[C@@H](N(C)Cc2ccc(OCC(=O)O)cc2)C1. The van der Waals surface area contributed by atoms with Gasteiger partial charge in [-0.3, -0.25) is 4.90 Å². The summed E-state index contributed by atoms with van der Waals surface area (Å²) in [5.74, 6) is -0.362. The first-order chi connectivity index (χ1) is 9.54. The van der Waals surface area contributed by atoms with Gasteiger partial charge in [-0.25, -0.2) is 4.79 Å². The van der Waals surface area contributed by atoms with E-state index in [1.54, 1.807) is 0 Å². The van der Waals surface area contributed by atoms with Crippen molar-refractivity contribution in [2.45, 2.75) is 19.0 Å². The zero-order valence-electron chi connectivity index (χ0n) is 12.1. The van der Waals surface area contributed by atoms with Gasteiger partial charge in [-0.1, -0.05) is 12.1 Å². The molecule has 5 heteroatoms. The molecule has 0 radical (unpaired) electrons. The van der Waals surface area contributed by atoms with E-state index in [0.717, 1.165) is 19.6 Å². The van der Waals surface area contributed by atoms with Gasteiger partial charge >= 0.3 is 5.97 Å². The van der Waals surface area contributed by atoms with Crippen molar-refractivity contribution in [1.29, 1.82) is 0 Å². The molecule has 0 amide bonds. The van der Waals surface area contributed by atoms with Crippen LogP contribution in [0.15, 0.2) is 24.3 Å². The van der Waals surface area contributed by atoms with Gasteiger partial charge in [-0.05, 0) is 44.8 Å². The molecule has 0 saturated carbocycles. The van der Waals surface area contributed by atoms with Crippen LogP contribution in [-0.4, -0.2) is 60.7 Å². The molecule has 0 unspecified atom stereocenters. The summed E-state index contributed by atoms with van der Waals surface area (Å²) in [6, 6.07) is 8.25. The second-order valence-corrected chi connectivity index (χ2v) is 5.45. The fraction of sp³-hybridized carbons (Fsp3) is 0.533. The summed E-state index contributed by atoms with van der Waals surface area (Å²) in [4.78, 5) is 15.1. The molecule has 1 saturated heterocycles. The van der Waals surface area contributed by atoms with E-state index in [9.17, 15) is 4.79 Å². The number of likely N-dealkylation sites (tertiary alicyclic amines) is 1. The number of aliphatic carboxylic acids is 1. The van der Waals surface area contributed by atoms with Crippen LogP contribution in [-0.2, 0) is 11.3 Å². The molecule has 0 spiro atoms. The standard InChI is InChI=1S/C15H22N2O3/c1-16-8-7-13(10-16)17(2)9-12-3-5-14(6-4-12)20-11-15(18)19/h3-6,13H,7-11H2,1-2H3,(H,18,19)/t13-/m1/s1. The lowest BCUT2D eigenvalue weighted by molar-refractivity contribution is -0.139. The van der Waals surface area contributed by atoms with E-state index < -0.39 is 5.97 Å². The van der Waals surface area contributed by atoms with Gasteiger partial charge in [0.25, 0.3) is 0 Å². The third-order valence-corrected chi connectivity index (χ3v) is 3.71. The Balaban J connectivity index is 1.85. The molecule has 0 aliphatic carbocycles. The predicted octanol–water partition coefficient (Wildman–Crippen LogP) is 1.29. The summed E-state index contributed by atoms with van der Waals surface area (Å²) in [6.07, 6.45) is 1.22. The van der Waals surface area contributed by atoms with Crippen LogP contribution >= 0.6 is 0 Å². The number of carboxylic acid groups (broad SMARTS) is 1. The lowest BCUT2D eigenvalue weighted by atomic mass is 10.1. The highest BCUT2D eigenvalue weighted by Gasteiger charge is 2.22. The first-order valence-electron chi connectivity index (χ1n) is 6.87. The number of nitrogens with zero attached hydrogens (tertiary/aromatic N) is 2. The van der Waals surface area contributed by atoms with Crippen molar-refractivity contribution in [3.8, 4) is 5.75 Å². The fourth-order valence-electron chi connectivity index (χ4n) is 2.52. The van der Waals surface area contributed by atoms with Crippen molar-refractivity contribution in [3.63, 3.8) is 0 Å². The molecular weight excluding hydrogens is 256 g/mol. The van der Waals surface area contributed by atoms with Gasteiger partial charge in [0.2, 0.25) is 0 Å². The highest BCUT2D eigenvalue weighted by Crippen LogP contribution is 2.17. The molecule has 1 aromatic rings. The Morgan fingerprint density at radius 2 is 2.15 bits per heavy atom. The van der Waals surface area contributed by atoms with Crippen LogP contribution < -0.4 is 4.74 Å². The largest absolute Gasteiger partial charge is 0.482 e. The Bertz CT molecular complexity index is 447. The third-order valence-electron chi connectivity index (χ3n) is 3.71. The quantitative estimate of drug-likeness (QED) is 0.849. The van der Waals surface area contributed by atoms with E-state index in [0.29, 0.717) is 11.8 Å². The van der Waals surface area contributed by atoms with E-state index in [-0.39, 0.29) is 6.61 Å². The number of carbonyl (C=O) groups is 1. The van der Waals surface area contributed by atoms with Crippen LogP contribution in [0, 0.1) is 0 Å². The maximum atomic E-state index is 10.4. The van der Waals surface area contributed by atoms with Crippen LogP contribution in [0.4, 0.5) is 0 Å². The topological polar surface area (TPSA) is 53.0 Å². The number of rotatable bonds is 6. The second-order valence-electron chi connectivity index (χ2n) is 5.45. The minimum Gasteiger partial charge on any atom is -0.482 e. The summed E-state index contributed by atoms with van der Waals surface area (Å²) in [5.41, 5.74) is 1.21. The molecule has 1 atom stereocenters. The first-order valence-corrected chi connectivity index (χ1v) is 6.87. The van der Waals surface area contributed by atoms with Crippen molar-refractivity contribution >= 4 is 5.97 Å². The number of likely N-dealkylation sites (N-methyl/N-ethyl adjacent to an activating group) is 2. The van der Waals surface area contributed by atoms with Gasteiger partial charge in [0, 0.05) is 19.1 Å². The number of hydrogen-bond acceptors (Lipinski definition) is 4. The number of carboxylic acids is 1. The van der Waals surface area contributed by atoms with Crippen molar-refractivity contribution in [2.24, 2.45) is 0 Å². The summed E-state index contributed by atoms with van der Waals surface area (Å²) in [7, 11) is 4.31.